The lowest BCUT2D eigenvalue weighted by Crippen LogP contribution is -2.24. The zero-order chi connectivity index (χ0) is 23.7. The standard InChI is InChI=1S/C26H25N7O/c1-16-9-21(15-30-32-16)20-11-17(13-27)10-18(12-20)14-29-26(34)23-24-22(7-8-28-23)31-25(33(24)2)19-5-3-4-6-19/h7-12,15,19H,3-6,14H2,1-2H3,(H,29,34). The number of benzene rings is 1. The number of pyridine rings is 1. The van der Waals surface area contributed by atoms with Crippen LogP contribution in [0.5, 0.6) is 0 Å². The number of nitrogens with one attached hydrogen (secondary N) is 1. The van der Waals surface area contributed by atoms with Gasteiger partial charge in [-0.05, 0) is 61.2 Å². The Morgan fingerprint density at radius 1 is 1.21 bits per heavy atom. The van der Waals surface area contributed by atoms with Gasteiger partial charge in [-0.1, -0.05) is 12.8 Å². The van der Waals surface area contributed by atoms with Crippen LogP contribution in [0.25, 0.3) is 22.2 Å². The average molecular weight is 452 g/mol. The van der Waals surface area contributed by atoms with E-state index in [0.717, 1.165) is 52.1 Å². The summed E-state index contributed by atoms with van der Waals surface area (Å²) in [5.74, 6) is 1.20. The van der Waals surface area contributed by atoms with Gasteiger partial charge in [-0.15, -0.1) is 0 Å². The number of hydrogen-bond donors (Lipinski definition) is 1. The van der Waals surface area contributed by atoms with Crippen molar-refractivity contribution in [2.24, 2.45) is 7.05 Å². The summed E-state index contributed by atoms with van der Waals surface area (Å²) in [5, 5.41) is 20.5. The van der Waals surface area contributed by atoms with E-state index in [1.807, 2.05) is 42.8 Å². The summed E-state index contributed by atoms with van der Waals surface area (Å²) in [4.78, 5) is 22.4. The quantitative estimate of drug-likeness (QED) is 0.487. The first-order valence-electron chi connectivity index (χ1n) is 11.5. The Kier molecular flexibility index (Phi) is 5.76. The van der Waals surface area contributed by atoms with Crippen LogP contribution in [0.3, 0.4) is 0 Å². The molecule has 0 aliphatic heterocycles. The Morgan fingerprint density at radius 2 is 2.03 bits per heavy atom. The van der Waals surface area contributed by atoms with Gasteiger partial charge in [0.1, 0.15) is 5.82 Å². The maximum Gasteiger partial charge on any atom is 0.272 e. The third-order valence-electron chi connectivity index (χ3n) is 6.44. The lowest BCUT2D eigenvalue weighted by atomic mass is 10.0. The molecule has 0 bridgehead atoms. The van der Waals surface area contributed by atoms with Crippen LogP contribution in [0.4, 0.5) is 0 Å². The molecule has 3 heterocycles. The molecule has 1 N–H and O–H groups in total. The third-order valence-corrected chi connectivity index (χ3v) is 6.44. The highest BCUT2D eigenvalue weighted by molar-refractivity contribution is 6.03. The van der Waals surface area contributed by atoms with Gasteiger partial charge in [0, 0.05) is 31.3 Å². The first-order valence-corrected chi connectivity index (χ1v) is 11.5. The molecular formula is C26H25N7O. The molecule has 0 unspecified atom stereocenters. The normalized spacial score (nSPS) is 13.8. The Bertz CT molecular complexity index is 1430. The molecular weight excluding hydrogens is 426 g/mol. The maximum atomic E-state index is 13.2. The van der Waals surface area contributed by atoms with Gasteiger partial charge in [-0.3, -0.25) is 4.79 Å². The highest BCUT2D eigenvalue weighted by Gasteiger charge is 2.25. The number of rotatable bonds is 5. The van der Waals surface area contributed by atoms with Gasteiger partial charge < -0.3 is 9.88 Å². The summed E-state index contributed by atoms with van der Waals surface area (Å²) in [7, 11) is 1.97. The molecule has 3 aromatic heterocycles. The molecule has 8 nitrogen and oxygen atoms in total. The van der Waals surface area contributed by atoms with Crippen LogP contribution < -0.4 is 5.32 Å². The van der Waals surface area contributed by atoms with Crippen molar-refractivity contribution in [2.45, 2.75) is 45.1 Å². The van der Waals surface area contributed by atoms with Crippen molar-refractivity contribution in [3.05, 3.63) is 71.1 Å². The van der Waals surface area contributed by atoms with Crippen LogP contribution in [0, 0.1) is 18.3 Å². The van der Waals surface area contributed by atoms with E-state index in [1.54, 1.807) is 18.5 Å². The molecule has 1 aliphatic rings. The number of nitrogens with zero attached hydrogens (tertiary/aromatic N) is 6. The fourth-order valence-corrected chi connectivity index (χ4v) is 4.82. The molecule has 1 aromatic carbocycles. The van der Waals surface area contributed by atoms with Crippen molar-refractivity contribution in [3.63, 3.8) is 0 Å². The topological polar surface area (TPSA) is 109 Å². The Balaban J connectivity index is 1.41. The molecule has 0 radical (unpaired) electrons. The third kappa shape index (κ3) is 4.13. The molecule has 170 valence electrons. The molecule has 5 rings (SSSR count). The van der Waals surface area contributed by atoms with Gasteiger partial charge in [-0.25, -0.2) is 9.97 Å². The molecule has 1 aliphatic carbocycles. The van der Waals surface area contributed by atoms with Crippen LogP contribution >= 0.6 is 0 Å². The van der Waals surface area contributed by atoms with E-state index >= 15 is 0 Å². The van der Waals surface area contributed by atoms with Crippen LogP contribution in [0.15, 0.2) is 42.7 Å². The number of nitriles is 1. The zero-order valence-corrected chi connectivity index (χ0v) is 19.2. The minimum Gasteiger partial charge on any atom is -0.347 e. The highest BCUT2D eigenvalue weighted by atomic mass is 16.1. The van der Waals surface area contributed by atoms with Crippen molar-refractivity contribution in [2.75, 3.05) is 0 Å². The molecule has 8 heteroatoms. The summed E-state index contributed by atoms with van der Waals surface area (Å²) >= 11 is 0. The fraction of sp³-hybridized carbons (Fsp3) is 0.308. The smallest absolute Gasteiger partial charge is 0.272 e. The van der Waals surface area contributed by atoms with Crippen LogP contribution in [0.2, 0.25) is 0 Å². The minimum atomic E-state index is -0.267. The van der Waals surface area contributed by atoms with Crippen LogP contribution in [0.1, 0.15) is 64.7 Å². The summed E-state index contributed by atoms with van der Waals surface area (Å²) in [6, 6.07) is 11.5. The molecule has 0 atom stereocenters. The average Bonchev–Trinajstić information content (AvgIpc) is 3.50. The van der Waals surface area contributed by atoms with Crippen molar-refractivity contribution in [1.29, 1.82) is 5.26 Å². The molecule has 1 saturated carbocycles. The van der Waals surface area contributed by atoms with E-state index in [4.69, 9.17) is 4.98 Å². The number of aromatic nitrogens is 5. The van der Waals surface area contributed by atoms with Crippen LogP contribution in [-0.4, -0.2) is 30.6 Å². The van der Waals surface area contributed by atoms with Gasteiger partial charge in [0.2, 0.25) is 0 Å². The molecule has 1 amide bonds. The minimum absolute atomic E-state index is 0.267. The van der Waals surface area contributed by atoms with E-state index in [-0.39, 0.29) is 12.5 Å². The number of fused-ring (bicyclic) bond motifs is 1. The SMILES string of the molecule is Cc1cc(-c2cc(C#N)cc(CNC(=O)c3nccc4nc(C5CCCC5)n(C)c34)c2)cnn1. The van der Waals surface area contributed by atoms with Crippen molar-refractivity contribution < 1.29 is 4.79 Å². The summed E-state index contributed by atoms with van der Waals surface area (Å²) in [6.07, 6.45) is 8.01. The fourth-order valence-electron chi connectivity index (χ4n) is 4.82. The Labute approximate surface area is 197 Å². The first kappa shape index (κ1) is 21.7. The maximum absolute atomic E-state index is 13.2. The van der Waals surface area contributed by atoms with E-state index in [2.05, 4.69) is 26.6 Å². The summed E-state index contributed by atoms with van der Waals surface area (Å²) in [5.41, 5.74) is 5.77. The number of carbonyl (C=O) groups excluding carboxylic acids is 1. The van der Waals surface area contributed by atoms with E-state index in [1.165, 1.54) is 12.8 Å². The number of aryl methyl sites for hydroxylation is 2. The lowest BCUT2D eigenvalue weighted by Gasteiger charge is -2.11. The van der Waals surface area contributed by atoms with E-state index in [0.29, 0.717) is 17.2 Å². The van der Waals surface area contributed by atoms with Gasteiger partial charge in [0.25, 0.3) is 5.91 Å². The summed E-state index contributed by atoms with van der Waals surface area (Å²) in [6.45, 7) is 2.14. The van der Waals surface area contributed by atoms with Gasteiger partial charge in [0.05, 0.1) is 34.6 Å². The van der Waals surface area contributed by atoms with E-state index < -0.39 is 0 Å². The molecule has 4 aromatic rings. The second-order valence-electron chi connectivity index (χ2n) is 8.84. The monoisotopic (exact) mass is 451 g/mol. The summed E-state index contributed by atoms with van der Waals surface area (Å²) < 4.78 is 2.03. The number of amides is 1. The number of hydrogen-bond acceptors (Lipinski definition) is 6. The Morgan fingerprint density at radius 3 is 2.79 bits per heavy atom. The second-order valence-corrected chi connectivity index (χ2v) is 8.84. The molecule has 1 fully saturated rings. The van der Waals surface area contributed by atoms with Crippen LogP contribution in [-0.2, 0) is 13.6 Å². The molecule has 0 spiro atoms. The predicted molar refractivity (Wildman–Crippen MR) is 128 cm³/mol. The second kappa shape index (κ2) is 9.02. The first-order chi connectivity index (χ1) is 16.5. The largest absolute Gasteiger partial charge is 0.347 e. The van der Waals surface area contributed by atoms with Crippen molar-refractivity contribution in [3.8, 4) is 17.2 Å². The van der Waals surface area contributed by atoms with Crippen molar-refractivity contribution >= 4 is 16.9 Å². The number of carbonyl (C=O) groups is 1. The zero-order valence-electron chi connectivity index (χ0n) is 19.2. The molecule has 0 saturated heterocycles. The highest BCUT2D eigenvalue weighted by Crippen LogP contribution is 2.35. The van der Waals surface area contributed by atoms with Crippen molar-refractivity contribution in [1.82, 2.24) is 30.0 Å². The van der Waals surface area contributed by atoms with Gasteiger partial charge in [0.15, 0.2) is 5.69 Å². The molecule has 34 heavy (non-hydrogen) atoms. The predicted octanol–water partition coefficient (Wildman–Crippen LogP) is 4.19. The lowest BCUT2D eigenvalue weighted by molar-refractivity contribution is 0.0947. The van der Waals surface area contributed by atoms with Gasteiger partial charge in [-0.2, -0.15) is 15.5 Å². The Hall–Kier alpha value is -4.12. The van der Waals surface area contributed by atoms with Gasteiger partial charge >= 0.3 is 0 Å². The van der Waals surface area contributed by atoms with E-state index in [9.17, 15) is 10.1 Å². The number of imidazole rings is 1.